The van der Waals surface area contributed by atoms with E-state index in [0.29, 0.717) is 6.42 Å². The summed E-state index contributed by atoms with van der Waals surface area (Å²) in [6.07, 6.45) is 3.61. The fourth-order valence-electron chi connectivity index (χ4n) is 3.91. The fraction of sp³-hybridized carbons (Fsp3) is 0.167. The van der Waals surface area contributed by atoms with E-state index < -0.39 is 16.1 Å². The molecule has 0 unspecified atom stereocenters. The SMILES string of the molecule is Cc1ccc(C2=NN(S(C)(=O)=O)[C@H](c3cn(-c4ccccc4)nc3-c3ccsc3)C2)cc1. The molecule has 162 valence electrons. The van der Waals surface area contributed by atoms with Gasteiger partial charge < -0.3 is 0 Å². The zero-order chi connectivity index (χ0) is 22.3. The summed E-state index contributed by atoms with van der Waals surface area (Å²) < 4.78 is 28.5. The molecule has 0 aliphatic carbocycles. The van der Waals surface area contributed by atoms with Crippen molar-refractivity contribution in [2.24, 2.45) is 5.10 Å². The van der Waals surface area contributed by atoms with Crippen LogP contribution in [0.5, 0.6) is 0 Å². The van der Waals surface area contributed by atoms with E-state index in [1.807, 2.05) is 89.2 Å². The summed E-state index contributed by atoms with van der Waals surface area (Å²) in [5.74, 6) is 0. The third kappa shape index (κ3) is 3.87. The van der Waals surface area contributed by atoms with Gasteiger partial charge in [-0.1, -0.05) is 48.0 Å². The van der Waals surface area contributed by atoms with E-state index in [2.05, 4.69) is 5.10 Å². The number of rotatable bonds is 5. The minimum Gasteiger partial charge on any atom is -0.240 e. The van der Waals surface area contributed by atoms with Crippen LogP contribution in [0.3, 0.4) is 0 Å². The fourth-order valence-corrected chi connectivity index (χ4v) is 5.45. The lowest BCUT2D eigenvalue weighted by molar-refractivity contribution is 0.375. The molecule has 1 atom stereocenters. The number of thiophene rings is 1. The van der Waals surface area contributed by atoms with Crippen molar-refractivity contribution in [3.05, 3.63) is 94.3 Å². The summed E-state index contributed by atoms with van der Waals surface area (Å²) in [7, 11) is -3.58. The highest BCUT2D eigenvalue weighted by Gasteiger charge is 2.37. The molecule has 2 aromatic carbocycles. The number of hydrogen-bond donors (Lipinski definition) is 0. The summed E-state index contributed by atoms with van der Waals surface area (Å²) in [4.78, 5) is 0. The Morgan fingerprint density at radius 3 is 2.41 bits per heavy atom. The Morgan fingerprint density at radius 1 is 1.00 bits per heavy atom. The highest BCUT2D eigenvalue weighted by Crippen LogP contribution is 2.39. The molecular weight excluding hydrogens is 440 g/mol. The van der Waals surface area contributed by atoms with Crippen LogP contribution in [0.2, 0.25) is 0 Å². The van der Waals surface area contributed by atoms with Crippen LogP contribution in [0.1, 0.15) is 29.2 Å². The van der Waals surface area contributed by atoms with Gasteiger partial charge in [0.25, 0.3) is 0 Å². The van der Waals surface area contributed by atoms with Gasteiger partial charge in [0, 0.05) is 29.1 Å². The van der Waals surface area contributed by atoms with Crippen LogP contribution in [0.25, 0.3) is 16.9 Å². The Hall–Kier alpha value is -3.23. The normalized spacial score (nSPS) is 16.4. The lowest BCUT2D eigenvalue weighted by Crippen LogP contribution is -2.26. The topological polar surface area (TPSA) is 67.6 Å². The zero-order valence-electron chi connectivity index (χ0n) is 17.7. The van der Waals surface area contributed by atoms with E-state index in [0.717, 1.165) is 39.3 Å². The predicted molar refractivity (Wildman–Crippen MR) is 129 cm³/mol. The highest BCUT2D eigenvalue weighted by atomic mass is 32.2. The molecule has 3 heterocycles. The molecule has 2 aromatic heterocycles. The minimum absolute atomic E-state index is 0.464. The van der Waals surface area contributed by atoms with E-state index in [1.165, 1.54) is 10.7 Å². The van der Waals surface area contributed by atoms with Gasteiger partial charge in [-0.15, -0.1) is 0 Å². The number of para-hydroxylation sites is 1. The minimum atomic E-state index is -3.58. The molecule has 0 bridgehead atoms. The third-order valence-corrected chi connectivity index (χ3v) is 7.21. The number of aryl methyl sites for hydroxylation is 1. The van der Waals surface area contributed by atoms with Gasteiger partial charge in [-0.05, 0) is 36.1 Å². The Labute approximate surface area is 191 Å². The van der Waals surface area contributed by atoms with Gasteiger partial charge in [-0.2, -0.15) is 26.0 Å². The maximum absolute atomic E-state index is 12.7. The molecule has 1 aliphatic heterocycles. The molecular formula is C24H22N4O2S2. The van der Waals surface area contributed by atoms with E-state index in [1.54, 1.807) is 11.3 Å². The second-order valence-corrected chi connectivity index (χ2v) is 10.5. The van der Waals surface area contributed by atoms with Crippen molar-refractivity contribution in [1.29, 1.82) is 0 Å². The zero-order valence-corrected chi connectivity index (χ0v) is 19.3. The first-order chi connectivity index (χ1) is 15.4. The molecule has 0 radical (unpaired) electrons. The van der Waals surface area contributed by atoms with Crippen LogP contribution in [-0.4, -0.2) is 34.6 Å². The molecule has 6 nitrogen and oxygen atoms in total. The van der Waals surface area contributed by atoms with Crippen molar-refractivity contribution in [3.8, 4) is 16.9 Å². The number of hydrogen-bond acceptors (Lipinski definition) is 5. The largest absolute Gasteiger partial charge is 0.247 e. The Bertz CT molecular complexity index is 1370. The van der Waals surface area contributed by atoms with Crippen LogP contribution in [0.15, 0.2) is 82.7 Å². The summed E-state index contributed by atoms with van der Waals surface area (Å²) >= 11 is 1.59. The van der Waals surface area contributed by atoms with Gasteiger partial charge in [-0.25, -0.2) is 13.1 Å². The Balaban J connectivity index is 1.62. The quantitative estimate of drug-likeness (QED) is 0.418. The molecule has 8 heteroatoms. The second kappa shape index (κ2) is 8.03. The monoisotopic (exact) mass is 462 g/mol. The van der Waals surface area contributed by atoms with Crippen molar-refractivity contribution < 1.29 is 8.42 Å². The van der Waals surface area contributed by atoms with Gasteiger partial charge in [0.15, 0.2) is 0 Å². The van der Waals surface area contributed by atoms with Crippen LogP contribution in [-0.2, 0) is 10.0 Å². The number of hydrazone groups is 1. The van der Waals surface area contributed by atoms with Crippen LogP contribution in [0.4, 0.5) is 0 Å². The van der Waals surface area contributed by atoms with Crippen molar-refractivity contribution in [2.45, 2.75) is 19.4 Å². The van der Waals surface area contributed by atoms with E-state index in [-0.39, 0.29) is 0 Å². The molecule has 0 fully saturated rings. The van der Waals surface area contributed by atoms with Crippen molar-refractivity contribution in [2.75, 3.05) is 6.26 Å². The number of sulfonamides is 1. The molecule has 32 heavy (non-hydrogen) atoms. The van der Waals surface area contributed by atoms with Gasteiger partial charge in [0.1, 0.15) is 0 Å². The molecule has 0 saturated heterocycles. The first kappa shape index (κ1) is 20.7. The maximum atomic E-state index is 12.7. The highest BCUT2D eigenvalue weighted by molar-refractivity contribution is 7.88. The van der Waals surface area contributed by atoms with Crippen LogP contribution < -0.4 is 0 Å². The number of nitrogens with zero attached hydrogens (tertiary/aromatic N) is 4. The maximum Gasteiger partial charge on any atom is 0.247 e. The molecule has 4 aromatic rings. The van der Waals surface area contributed by atoms with Crippen molar-refractivity contribution >= 4 is 27.1 Å². The predicted octanol–water partition coefficient (Wildman–Crippen LogP) is 5.02. The first-order valence-electron chi connectivity index (χ1n) is 10.2. The lowest BCUT2D eigenvalue weighted by Gasteiger charge is -2.21. The molecule has 0 saturated carbocycles. The molecule has 0 N–H and O–H groups in total. The van der Waals surface area contributed by atoms with Gasteiger partial charge >= 0.3 is 0 Å². The van der Waals surface area contributed by atoms with E-state index in [9.17, 15) is 8.42 Å². The molecule has 5 rings (SSSR count). The molecule has 1 aliphatic rings. The van der Waals surface area contributed by atoms with Gasteiger partial charge in [0.05, 0.1) is 29.4 Å². The smallest absolute Gasteiger partial charge is 0.240 e. The average molecular weight is 463 g/mol. The molecule has 0 spiro atoms. The summed E-state index contributed by atoms with van der Waals surface area (Å²) in [6, 6.07) is 19.4. The van der Waals surface area contributed by atoms with E-state index >= 15 is 0 Å². The van der Waals surface area contributed by atoms with E-state index in [4.69, 9.17) is 5.10 Å². The summed E-state index contributed by atoms with van der Waals surface area (Å²) in [6.45, 7) is 2.02. The Kier molecular flexibility index (Phi) is 5.19. The second-order valence-electron chi connectivity index (χ2n) is 7.89. The third-order valence-electron chi connectivity index (χ3n) is 5.51. The Morgan fingerprint density at radius 2 is 1.75 bits per heavy atom. The van der Waals surface area contributed by atoms with Crippen molar-refractivity contribution in [1.82, 2.24) is 14.2 Å². The van der Waals surface area contributed by atoms with Crippen LogP contribution >= 0.6 is 11.3 Å². The van der Waals surface area contributed by atoms with Gasteiger partial charge in [-0.3, -0.25) is 0 Å². The summed E-state index contributed by atoms with van der Waals surface area (Å²) in [5, 5.41) is 13.4. The summed E-state index contributed by atoms with van der Waals surface area (Å²) in [5.41, 5.74) is 6.32. The van der Waals surface area contributed by atoms with Crippen molar-refractivity contribution in [3.63, 3.8) is 0 Å². The van der Waals surface area contributed by atoms with Gasteiger partial charge in [0.2, 0.25) is 10.0 Å². The average Bonchev–Trinajstić information content (AvgIpc) is 3.52. The standard InChI is InChI=1S/C24H22N4O2S2/c1-17-8-10-18(11-9-17)22-14-23(28(25-22)32(2,29)30)21-15-27(20-6-4-3-5-7-20)26-24(21)19-12-13-31-16-19/h3-13,15-16,23H,14H2,1-2H3/t23-/m0/s1. The first-order valence-corrected chi connectivity index (χ1v) is 13.0. The lowest BCUT2D eigenvalue weighted by atomic mass is 9.97. The molecule has 0 amide bonds. The number of aromatic nitrogens is 2. The number of benzene rings is 2. The van der Waals surface area contributed by atoms with Crippen LogP contribution in [0, 0.1) is 6.92 Å².